The molecule has 1 heterocycles. The van der Waals surface area contributed by atoms with Crippen molar-refractivity contribution in [2.45, 2.75) is 19.1 Å². The first kappa shape index (κ1) is 24.6. The lowest BCUT2D eigenvalue weighted by atomic mass is 10.0. The first-order valence-electron chi connectivity index (χ1n) is 11.4. The summed E-state index contributed by atoms with van der Waals surface area (Å²) in [6, 6.07) is 16.6. The van der Waals surface area contributed by atoms with Crippen molar-refractivity contribution in [3.8, 4) is 11.5 Å². The number of carbonyl (C=O) groups is 1. The second kappa shape index (κ2) is 10.4. The topological polar surface area (TPSA) is 67.8 Å². The van der Waals surface area contributed by atoms with E-state index in [0.717, 1.165) is 11.6 Å². The highest BCUT2D eigenvalue weighted by molar-refractivity contribution is 5.96. The highest BCUT2D eigenvalue weighted by Crippen LogP contribution is 2.40. The maximum atomic E-state index is 14.1. The third kappa shape index (κ3) is 6.35. The number of rotatable bonds is 9. The Morgan fingerprint density at radius 1 is 1.11 bits per heavy atom. The van der Waals surface area contributed by atoms with E-state index in [-0.39, 0.29) is 12.5 Å². The van der Waals surface area contributed by atoms with E-state index in [1.165, 1.54) is 12.1 Å². The van der Waals surface area contributed by atoms with Crippen LogP contribution in [0.1, 0.15) is 22.8 Å². The van der Waals surface area contributed by atoms with Gasteiger partial charge in [0.1, 0.15) is 42.4 Å². The Bertz CT molecular complexity index is 1200. The van der Waals surface area contributed by atoms with Crippen LogP contribution in [0.3, 0.4) is 0 Å². The summed E-state index contributed by atoms with van der Waals surface area (Å²) in [6.45, 7) is 1.01. The number of benzene rings is 3. The van der Waals surface area contributed by atoms with Gasteiger partial charge in [-0.3, -0.25) is 4.79 Å². The highest BCUT2D eigenvalue weighted by Gasteiger charge is 2.29. The van der Waals surface area contributed by atoms with Gasteiger partial charge in [-0.25, -0.2) is 8.78 Å². The molecule has 0 aliphatic carbocycles. The van der Waals surface area contributed by atoms with Crippen molar-refractivity contribution in [3.05, 3.63) is 89.0 Å². The van der Waals surface area contributed by atoms with Gasteiger partial charge in [0.25, 0.3) is 5.91 Å². The molecule has 3 aromatic rings. The Labute approximate surface area is 203 Å². The highest BCUT2D eigenvalue weighted by atomic mass is 19.1. The molecule has 0 fully saturated rings. The summed E-state index contributed by atoms with van der Waals surface area (Å²) < 4.78 is 39.2. The maximum Gasteiger partial charge on any atom is 0.262 e. The minimum absolute atomic E-state index is 0.140. The second-order valence-electron chi connectivity index (χ2n) is 9.34. The summed E-state index contributed by atoms with van der Waals surface area (Å²) in [5.74, 6) is -0.566. The monoisotopic (exact) mass is 483 g/mol. The maximum absolute atomic E-state index is 14.1. The zero-order chi connectivity index (χ0) is 25.0. The number of anilines is 1. The molecule has 184 valence electrons. The average molecular weight is 484 g/mol. The van der Waals surface area contributed by atoms with Gasteiger partial charge in [-0.15, -0.1) is 0 Å². The number of fused-ring (bicyclic) bond motifs is 1. The van der Waals surface area contributed by atoms with Crippen molar-refractivity contribution in [3.63, 3.8) is 0 Å². The smallest absolute Gasteiger partial charge is 0.262 e. The number of ether oxygens (including phenoxy) is 2. The lowest BCUT2D eigenvalue weighted by Crippen LogP contribution is -2.44. The first-order valence-corrected chi connectivity index (χ1v) is 11.4. The molecule has 1 aliphatic rings. The number of nitrogens with one attached hydrogen (secondary N) is 1. The lowest BCUT2D eigenvalue weighted by Gasteiger charge is -2.33. The molecule has 6 nitrogen and oxygen atoms in total. The summed E-state index contributed by atoms with van der Waals surface area (Å²) >= 11 is 0. The van der Waals surface area contributed by atoms with Crippen LogP contribution in [0.15, 0.2) is 60.7 Å². The fraction of sp³-hybridized carbons (Fsp3) is 0.296. The molecule has 0 saturated carbocycles. The van der Waals surface area contributed by atoms with Gasteiger partial charge in [-0.05, 0) is 23.3 Å². The van der Waals surface area contributed by atoms with Crippen LogP contribution in [0.2, 0.25) is 0 Å². The number of nitrogens with zero attached hydrogens (tertiary/aromatic N) is 1. The molecule has 2 N–H and O–H groups in total. The second-order valence-corrected chi connectivity index (χ2v) is 9.34. The van der Waals surface area contributed by atoms with Crippen LogP contribution < -0.4 is 14.8 Å². The van der Waals surface area contributed by atoms with E-state index in [9.17, 15) is 18.7 Å². The molecule has 0 bridgehead atoms. The Kier molecular flexibility index (Phi) is 7.33. The summed E-state index contributed by atoms with van der Waals surface area (Å²) in [6.07, 6.45) is -0.552. The Hall–Kier alpha value is -3.49. The average Bonchev–Trinajstić information content (AvgIpc) is 2.81. The van der Waals surface area contributed by atoms with E-state index in [0.29, 0.717) is 58.9 Å². The molecule has 35 heavy (non-hydrogen) atoms. The SMILES string of the molecule is C[N+](C)(CCc1ccc(F)cc1F)CC(O)c1cc(OCc2ccccc2)cc2c1OCC(=O)N2. The van der Waals surface area contributed by atoms with Gasteiger partial charge in [0.2, 0.25) is 0 Å². The Morgan fingerprint density at radius 2 is 1.89 bits per heavy atom. The number of quaternary nitrogens is 1. The zero-order valence-electron chi connectivity index (χ0n) is 19.8. The molecule has 8 heteroatoms. The number of likely N-dealkylation sites (N-methyl/N-ethyl adjacent to an activating group) is 1. The molecule has 1 amide bonds. The van der Waals surface area contributed by atoms with Gasteiger partial charge in [-0.2, -0.15) is 0 Å². The first-order chi connectivity index (χ1) is 16.7. The van der Waals surface area contributed by atoms with E-state index in [2.05, 4.69) is 5.32 Å². The number of aliphatic hydroxyl groups excluding tert-OH is 1. The molecule has 1 atom stereocenters. The quantitative estimate of drug-likeness (QED) is 0.447. The standard InChI is InChI=1S/C27H28F2N2O4/c1-31(2,11-10-19-8-9-20(28)12-23(19)29)15-25(32)22-13-21(34-16-18-6-4-3-5-7-18)14-24-27(22)35-17-26(33)30-24/h3-9,12-14,25,32H,10-11,15-17H2,1-2H3/p+1. The zero-order valence-corrected chi connectivity index (χ0v) is 19.8. The van der Waals surface area contributed by atoms with Crippen LogP contribution in [0.25, 0.3) is 0 Å². The summed E-state index contributed by atoms with van der Waals surface area (Å²) in [5.41, 5.74) is 2.36. The molecule has 1 unspecified atom stereocenters. The van der Waals surface area contributed by atoms with Crippen LogP contribution in [0, 0.1) is 11.6 Å². The molecular formula is C27H29F2N2O4+. The molecule has 0 radical (unpaired) electrons. The Morgan fingerprint density at radius 3 is 2.63 bits per heavy atom. The minimum Gasteiger partial charge on any atom is -0.489 e. The molecular weight excluding hydrogens is 454 g/mol. The molecule has 1 aliphatic heterocycles. The van der Waals surface area contributed by atoms with E-state index < -0.39 is 17.7 Å². The van der Waals surface area contributed by atoms with Crippen LogP contribution in [0.4, 0.5) is 14.5 Å². The predicted molar refractivity (Wildman–Crippen MR) is 128 cm³/mol. The van der Waals surface area contributed by atoms with Gasteiger partial charge in [0, 0.05) is 24.1 Å². The number of carbonyl (C=O) groups excluding carboxylic acids is 1. The van der Waals surface area contributed by atoms with E-state index in [1.807, 2.05) is 44.4 Å². The molecule has 0 aromatic heterocycles. The van der Waals surface area contributed by atoms with E-state index in [1.54, 1.807) is 12.1 Å². The predicted octanol–water partition coefficient (Wildman–Crippen LogP) is 4.23. The molecule has 3 aromatic carbocycles. The number of hydrogen-bond donors (Lipinski definition) is 2. The number of aliphatic hydroxyl groups is 1. The van der Waals surface area contributed by atoms with Crippen molar-refractivity contribution < 1.29 is 32.6 Å². The van der Waals surface area contributed by atoms with E-state index >= 15 is 0 Å². The van der Waals surface area contributed by atoms with Crippen molar-refractivity contribution in [1.29, 1.82) is 0 Å². The third-order valence-electron chi connectivity index (χ3n) is 5.99. The van der Waals surface area contributed by atoms with Crippen LogP contribution in [0.5, 0.6) is 11.5 Å². The number of amides is 1. The summed E-state index contributed by atoms with van der Waals surface area (Å²) in [4.78, 5) is 11.9. The fourth-order valence-corrected chi connectivity index (χ4v) is 4.08. The number of halogens is 2. The number of hydrogen-bond acceptors (Lipinski definition) is 4. The van der Waals surface area contributed by atoms with Gasteiger partial charge in [0.15, 0.2) is 6.61 Å². The largest absolute Gasteiger partial charge is 0.489 e. The minimum atomic E-state index is -0.938. The van der Waals surface area contributed by atoms with Crippen LogP contribution >= 0.6 is 0 Å². The van der Waals surface area contributed by atoms with E-state index in [4.69, 9.17) is 9.47 Å². The lowest BCUT2D eigenvalue weighted by molar-refractivity contribution is -0.893. The third-order valence-corrected chi connectivity index (χ3v) is 5.99. The van der Waals surface area contributed by atoms with Gasteiger partial charge in [0.05, 0.1) is 26.3 Å². The van der Waals surface area contributed by atoms with Gasteiger partial charge in [-0.1, -0.05) is 36.4 Å². The Balaban J connectivity index is 1.51. The normalized spacial score (nSPS) is 14.0. The van der Waals surface area contributed by atoms with Crippen LogP contribution in [-0.4, -0.2) is 49.3 Å². The summed E-state index contributed by atoms with van der Waals surface area (Å²) in [5, 5.41) is 14.0. The molecule has 0 spiro atoms. The van der Waals surface area contributed by atoms with Crippen molar-refractivity contribution in [2.75, 3.05) is 39.1 Å². The molecule has 4 rings (SSSR count). The van der Waals surface area contributed by atoms with Gasteiger partial charge >= 0.3 is 0 Å². The van der Waals surface area contributed by atoms with Gasteiger partial charge < -0.3 is 24.4 Å². The van der Waals surface area contributed by atoms with Crippen LogP contribution in [-0.2, 0) is 17.8 Å². The summed E-state index contributed by atoms with van der Waals surface area (Å²) in [7, 11) is 3.85. The van der Waals surface area contributed by atoms with Crippen molar-refractivity contribution in [2.24, 2.45) is 0 Å². The molecule has 0 saturated heterocycles. The van der Waals surface area contributed by atoms with Crippen molar-refractivity contribution in [1.82, 2.24) is 0 Å². The van der Waals surface area contributed by atoms with Crippen molar-refractivity contribution >= 4 is 11.6 Å². The fourth-order valence-electron chi connectivity index (χ4n) is 4.08.